The molecule has 0 radical (unpaired) electrons. The second-order valence-electron chi connectivity index (χ2n) is 13.2. The molecule has 2 aromatic carbocycles. The number of hydrogen-bond acceptors (Lipinski definition) is 6. The Morgan fingerprint density at radius 1 is 0.791 bits per heavy atom. The van der Waals surface area contributed by atoms with Crippen molar-refractivity contribution >= 4 is 23.9 Å². The number of hydrogen-bond donors (Lipinski definition) is 2. The fraction of sp³-hybridized carbons (Fsp3) is 0.529. The highest BCUT2D eigenvalue weighted by Crippen LogP contribution is 2.29. The maximum atomic E-state index is 14.3. The van der Waals surface area contributed by atoms with Crippen molar-refractivity contribution in [2.75, 3.05) is 0 Å². The van der Waals surface area contributed by atoms with Gasteiger partial charge in [-0.25, -0.2) is 9.59 Å². The summed E-state index contributed by atoms with van der Waals surface area (Å²) < 4.78 is 11.0. The first-order chi connectivity index (χ1) is 19.8. The van der Waals surface area contributed by atoms with Gasteiger partial charge in [0.2, 0.25) is 11.8 Å². The quantitative estimate of drug-likeness (QED) is 0.348. The van der Waals surface area contributed by atoms with Gasteiger partial charge in [-0.15, -0.1) is 0 Å². The number of amides is 3. The van der Waals surface area contributed by atoms with E-state index < -0.39 is 59.2 Å². The fourth-order valence-electron chi connectivity index (χ4n) is 4.60. The van der Waals surface area contributed by atoms with Crippen LogP contribution < -0.4 is 10.6 Å². The van der Waals surface area contributed by atoms with E-state index in [9.17, 15) is 19.2 Å². The van der Waals surface area contributed by atoms with Crippen LogP contribution in [0.2, 0.25) is 0 Å². The molecule has 0 heterocycles. The zero-order valence-electron chi connectivity index (χ0n) is 27.5. The van der Waals surface area contributed by atoms with E-state index in [-0.39, 0.29) is 6.42 Å². The van der Waals surface area contributed by atoms with Gasteiger partial charge in [-0.3, -0.25) is 9.59 Å². The Balaban J connectivity index is 2.56. The molecule has 2 N–H and O–H groups in total. The number of benzene rings is 2. The molecule has 236 valence electrons. The van der Waals surface area contributed by atoms with Crippen LogP contribution in [0.5, 0.6) is 0 Å². The first-order valence-electron chi connectivity index (χ1n) is 14.8. The lowest BCUT2D eigenvalue weighted by atomic mass is 9.93. The Labute approximate surface area is 256 Å². The molecular weight excluding hydrogens is 546 g/mol. The molecule has 0 aliphatic carbocycles. The summed E-state index contributed by atoms with van der Waals surface area (Å²) in [6, 6.07) is 11.4. The Kier molecular flexibility index (Phi) is 11.9. The van der Waals surface area contributed by atoms with Gasteiger partial charge in [0.15, 0.2) is 0 Å². The monoisotopic (exact) mass is 595 g/mol. The molecule has 3 amide bonds. The zero-order chi connectivity index (χ0) is 32.7. The Hall–Kier alpha value is -3.88. The molecule has 0 saturated heterocycles. The summed E-state index contributed by atoms with van der Waals surface area (Å²) >= 11 is 0. The van der Waals surface area contributed by atoms with Crippen molar-refractivity contribution in [1.82, 2.24) is 15.5 Å². The van der Waals surface area contributed by atoms with E-state index in [1.54, 1.807) is 68.4 Å². The highest BCUT2D eigenvalue weighted by molar-refractivity contribution is 5.94. The number of nitrogens with zero attached hydrogens (tertiary/aromatic N) is 1. The van der Waals surface area contributed by atoms with Crippen molar-refractivity contribution in [3.05, 3.63) is 70.8 Å². The molecule has 2 aromatic rings. The third kappa shape index (κ3) is 10.7. The van der Waals surface area contributed by atoms with Crippen LogP contribution in [-0.4, -0.2) is 58.1 Å². The number of rotatable bonds is 10. The van der Waals surface area contributed by atoms with Crippen LogP contribution in [0.25, 0.3) is 0 Å². The Morgan fingerprint density at radius 2 is 1.37 bits per heavy atom. The van der Waals surface area contributed by atoms with Crippen LogP contribution in [-0.2, 0) is 30.3 Å². The summed E-state index contributed by atoms with van der Waals surface area (Å²) in [6.45, 7) is 19.5. The molecule has 0 saturated carbocycles. The number of esters is 1. The lowest BCUT2D eigenvalue weighted by molar-refractivity contribution is -0.159. The van der Waals surface area contributed by atoms with Gasteiger partial charge in [-0.1, -0.05) is 48.5 Å². The molecular formula is C34H49N3O6. The summed E-state index contributed by atoms with van der Waals surface area (Å²) in [6.07, 6.45) is -0.537. The van der Waals surface area contributed by atoms with Crippen LogP contribution in [0, 0.1) is 13.8 Å². The molecule has 2 rings (SSSR count). The minimum Gasteiger partial charge on any atom is -0.458 e. The van der Waals surface area contributed by atoms with Gasteiger partial charge in [0.25, 0.3) is 0 Å². The van der Waals surface area contributed by atoms with E-state index in [1.165, 1.54) is 4.90 Å². The van der Waals surface area contributed by atoms with Gasteiger partial charge >= 0.3 is 12.1 Å². The van der Waals surface area contributed by atoms with E-state index in [2.05, 4.69) is 10.6 Å². The molecule has 3 unspecified atom stereocenters. The number of carbonyl (C=O) groups is 4. The molecule has 3 atom stereocenters. The summed E-state index contributed by atoms with van der Waals surface area (Å²) in [7, 11) is 0. The predicted octanol–water partition coefficient (Wildman–Crippen LogP) is 5.56. The summed E-state index contributed by atoms with van der Waals surface area (Å²) in [4.78, 5) is 55.7. The van der Waals surface area contributed by atoms with Gasteiger partial charge in [0, 0.05) is 12.5 Å². The largest absolute Gasteiger partial charge is 0.458 e. The SMILES string of the molecule is Cc1cccc(C(C(=O)NC(Cc2ccccc2)C(=O)OC(C)(C)C)N(C(=O)C(C)NC(=O)OC(C)(C)C)C(C)C)c1C. The lowest BCUT2D eigenvalue weighted by Crippen LogP contribution is -2.56. The number of aryl methyl sites for hydroxylation is 1. The van der Waals surface area contributed by atoms with Crippen molar-refractivity contribution in [3.8, 4) is 0 Å². The van der Waals surface area contributed by atoms with Crippen LogP contribution in [0.3, 0.4) is 0 Å². The highest BCUT2D eigenvalue weighted by atomic mass is 16.6. The molecule has 9 nitrogen and oxygen atoms in total. The predicted molar refractivity (Wildman–Crippen MR) is 167 cm³/mol. The molecule has 0 aromatic heterocycles. The molecule has 9 heteroatoms. The van der Waals surface area contributed by atoms with E-state index in [1.807, 2.05) is 56.3 Å². The molecule has 0 fully saturated rings. The van der Waals surface area contributed by atoms with Crippen molar-refractivity contribution in [3.63, 3.8) is 0 Å². The lowest BCUT2D eigenvalue weighted by Gasteiger charge is -2.38. The molecule has 43 heavy (non-hydrogen) atoms. The second kappa shape index (κ2) is 14.5. The van der Waals surface area contributed by atoms with Crippen LogP contribution in [0.1, 0.15) is 90.6 Å². The van der Waals surface area contributed by atoms with Crippen molar-refractivity contribution < 1.29 is 28.7 Å². The number of carbonyl (C=O) groups excluding carboxylic acids is 4. The molecule has 0 bridgehead atoms. The second-order valence-corrected chi connectivity index (χ2v) is 13.2. The first-order valence-corrected chi connectivity index (χ1v) is 14.8. The normalized spacial score (nSPS) is 13.9. The van der Waals surface area contributed by atoms with E-state index in [4.69, 9.17) is 9.47 Å². The summed E-state index contributed by atoms with van der Waals surface area (Å²) in [5, 5.41) is 5.52. The minimum absolute atomic E-state index is 0.202. The van der Waals surface area contributed by atoms with Gasteiger partial charge in [0.1, 0.15) is 29.3 Å². The fourth-order valence-corrected chi connectivity index (χ4v) is 4.60. The van der Waals surface area contributed by atoms with Crippen molar-refractivity contribution in [2.45, 2.75) is 118 Å². The van der Waals surface area contributed by atoms with Gasteiger partial charge < -0.3 is 25.0 Å². The third-order valence-electron chi connectivity index (χ3n) is 6.67. The number of nitrogens with one attached hydrogen (secondary N) is 2. The smallest absolute Gasteiger partial charge is 0.408 e. The van der Waals surface area contributed by atoms with E-state index in [0.717, 1.165) is 16.7 Å². The topological polar surface area (TPSA) is 114 Å². The first kappa shape index (κ1) is 35.3. The van der Waals surface area contributed by atoms with Gasteiger partial charge in [0.05, 0.1) is 0 Å². The van der Waals surface area contributed by atoms with Crippen LogP contribution in [0.4, 0.5) is 4.79 Å². The Bertz CT molecular complexity index is 1280. The summed E-state index contributed by atoms with van der Waals surface area (Å²) in [5.74, 6) is -1.59. The zero-order valence-corrected chi connectivity index (χ0v) is 27.5. The highest BCUT2D eigenvalue weighted by Gasteiger charge is 2.39. The molecule has 0 aliphatic heterocycles. The minimum atomic E-state index is -1.10. The number of alkyl carbamates (subject to hydrolysis) is 1. The maximum Gasteiger partial charge on any atom is 0.408 e. The molecule has 0 spiro atoms. The van der Waals surface area contributed by atoms with Crippen LogP contribution >= 0.6 is 0 Å². The number of ether oxygens (including phenoxy) is 2. The van der Waals surface area contributed by atoms with E-state index >= 15 is 0 Å². The summed E-state index contributed by atoms with van der Waals surface area (Å²) in [5.41, 5.74) is 1.72. The van der Waals surface area contributed by atoms with E-state index in [0.29, 0.717) is 5.56 Å². The standard InChI is InChI=1S/C34H49N3O6/c1-21(2)37(30(39)24(5)35-32(41)43-34(9,10)11)28(26-19-15-16-22(3)23(26)4)29(38)36-27(31(40)42-33(6,7)8)20-25-17-13-12-14-18-25/h12-19,21,24,27-28H,20H2,1-11H3,(H,35,41)(H,36,38). The maximum absolute atomic E-state index is 14.3. The van der Waals surface area contributed by atoms with Crippen molar-refractivity contribution in [1.29, 1.82) is 0 Å². The average molecular weight is 596 g/mol. The average Bonchev–Trinajstić information content (AvgIpc) is 2.86. The van der Waals surface area contributed by atoms with Crippen LogP contribution in [0.15, 0.2) is 48.5 Å². The Morgan fingerprint density at radius 3 is 1.91 bits per heavy atom. The third-order valence-corrected chi connectivity index (χ3v) is 6.67. The molecule has 0 aliphatic rings. The van der Waals surface area contributed by atoms with Gasteiger partial charge in [-0.2, -0.15) is 0 Å². The van der Waals surface area contributed by atoms with Crippen molar-refractivity contribution in [2.24, 2.45) is 0 Å². The van der Waals surface area contributed by atoms with Gasteiger partial charge in [-0.05, 0) is 98.4 Å².